The fourth-order valence-corrected chi connectivity index (χ4v) is 1.14. The van der Waals surface area contributed by atoms with Crippen LogP contribution in [0.15, 0.2) is 18.7 Å². The quantitative estimate of drug-likeness (QED) is 0.816. The van der Waals surface area contributed by atoms with Gasteiger partial charge in [-0.3, -0.25) is 0 Å². The lowest BCUT2D eigenvalue weighted by atomic mass is 10.1. The number of ether oxygens (including phenoxy) is 1. The smallest absolute Gasteiger partial charge is 0.434 e. The normalized spacial score (nSPS) is 11.2. The van der Waals surface area contributed by atoms with Crippen LogP contribution < -0.4 is 0 Å². The molecule has 0 fully saturated rings. The van der Waals surface area contributed by atoms with Gasteiger partial charge in [0.25, 0.3) is 0 Å². The Morgan fingerprint density at radius 3 is 2.62 bits per heavy atom. The van der Waals surface area contributed by atoms with Gasteiger partial charge in [-0.05, 0) is 13.0 Å². The van der Waals surface area contributed by atoms with Gasteiger partial charge >= 0.3 is 6.18 Å². The molecule has 1 rings (SSSR count). The minimum atomic E-state index is -4.66. The summed E-state index contributed by atoms with van der Waals surface area (Å²) in [6, 6.07) is 2.12. The molecule has 0 saturated carbocycles. The first-order chi connectivity index (χ1) is 7.36. The molecule has 0 aromatic carbocycles. The highest BCUT2D eigenvalue weighted by atomic mass is 19.4. The van der Waals surface area contributed by atoms with Gasteiger partial charge in [0.1, 0.15) is 5.76 Å². The zero-order valence-electron chi connectivity index (χ0n) is 8.51. The van der Waals surface area contributed by atoms with Gasteiger partial charge in [0.2, 0.25) is 5.88 Å². The molecule has 0 spiro atoms. The maximum absolute atomic E-state index is 12.6. The van der Waals surface area contributed by atoms with E-state index in [1.807, 2.05) is 0 Å². The minimum absolute atomic E-state index is 0.123. The molecule has 0 saturated heterocycles. The maximum atomic E-state index is 12.6. The molecule has 0 bridgehead atoms. The Balaban J connectivity index is 3.23. The van der Waals surface area contributed by atoms with Crippen LogP contribution in [0.5, 0.6) is 5.88 Å². The van der Waals surface area contributed by atoms with E-state index in [4.69, 9.17) is 9.84 Å². The third-order valence-corrected chi connectivity index (χ3v) is 1.77. The summed E-state index contributed by atoms with van der Waals surface area (Å²) in [6.45, 7) is 5.21. The van der Waals surface area contributed by atoms with Crippen molar-refractivity contribution >= 4 is 5.76 Å². The standard InChI is InChI=1S/C10H10F3NO2/c1-3-16-6(2)7-4-5-8(15)14-9(7)10(11,12)13/h4-5H,2-3H2,1H3,(H,14,15). The summed E-state index contributed by atoms with van der Waals surface area (Å²) < 4.78 is 42.6. The first-order valence-electron chi connectivity index (χ1n) is 4.45. The first kappa shape index (κ1) is 12.4. The van der Waals surface area contributed by atoms with Gasteiger partial charge in [-0.25, -0.2) is 4.98 Å². The summed E-state index contributed by atoms with van der Waals surface area (Å²) in [5, 5.41) is 8.93. The van der Waals surface area contributed by atoms with E-state index < -0.39 is 17.8 Å². The average Bonchev–Trinajstić information content (AvgIpc) is 2.16. The fourth-order valence-electron chi connectivity index (χ4n) is 1.14. The van der Waals surface area contributed by atoms with Crippen LogP contribution >= 0.6 is 0 Å². The molecule has 0 aliphatic carbocycles. The Hall–Kier alpha value is -1.72. The second-order valence-corrected chi connectivity index (χ2v) is 2.92. The number of halogens is 3. The van der Waals surface area contributed by atoms with Crippen LogP contribution in [-0.2, 0) is 10.9 Å². The van der Waals surface area contributed by atoms with Crippen molar-refractivity contribution in [3.05, 3.63) is 30.0 Å². The Morgan fingerprint density at radius 1 is 1.50 bits per heavy atom. The van der Waals surface area contributed by atoms with Gasteiger partial charge < -0.3 is 9.84 Å². The lowest BCUT2D eigenvalue weighted by Crippen LogP contribution is -2.12. The Kier molecular flexibility index (Phi) is 3.41. The largest absolute Gasteiger partial charge is 0.494 e. The van der Waals surface area contributed by atoms with Crippen LogP contribution in [-0.4, -0.2) is 16.7 Å². The first-order valence-corrected chi connectivity index (χ1v) is 4.45. The highest BCUT2D eigenvalue weighted by molar-refractivity contribution is 5.60. The Morgan fingerprint density at radius 2 is 2.12 bits per heavy atom. The molecule has 1 heterocycles. The van der Waals surface area contributed by atoms with Crippen LogP contribution in [0.2, 0.25) is 0 Å². The number of hydrogen-bond acceptors (Lipinski definition) is 3. The van der Waals surface area contributed by atoms with Crippen molar-refractivity contribution in [2.24, 2.45) is 0 Å². The van der Waals surface area contributed by atoms with Crippen molar-refractivity contribution < 1.29 is 23.0 Å². The number of aromatic nitrogens is 1. The van der Waals surface area contributed by atoms with Crippen molar-refractivity contribution in [3.8, 4) is 5.88 Å². The Labute approximate surface area is 90.2 Å². The number of aromatic hydroxyl groups is 1. The number of rotatable bonds is 3. The molecule has 0 aliphatic heterocycles. The SMILES string of the molecule is C=C(OCC)c1ccc(O)nc1C(F)(F)F. The molecule has 1 N–H and O–H groups in total. The van der Waals surface area contributed by atoms with E-state index >= 15 is 0 Å². The lowest BCUT2D eigenvalue weighted by molar-refractivity contribution is -0.141. The monoisotopic (exact) mass is 233 g/mol. The van der Waals surface area contributed by atoms with Crippen molar-refractivity contribution in [2.45, 2.75) is 13.1 Å². The second-order valence-electron chi connectivity index (χ2n) is 2.92. The zero-order valence-corrected chi connectivity index (χ0v) is 8.51. The summed E-state index contributed by atoms with van der Waals surface area (Å²) >= 11 is 0. The van der Waals surface area contributed by atoms with E-state index in [2.05, 4.69) is 11.6 Å². The number of nitrogens with zero attached hydrogens (tertiary/aromatic N) is 1. The maximum Gasteiger partial charge on any atom is 0.434 e. The summed E-state index contributed by atoms with van der Waals surface area (Å²) in [7, 11) is 0. The summed E-state index contributed by atoms with van der Waals surface area (Å²) in [5.41, 5.74) is -1.47. The van der Waals surface area contributed by atoms with Gasteiger partial charge in [-0.15, -0.1) is 0 Å². The van der Waals surface area contributed by atoms with Crippen molar-refractivity contribution in [1.82, 2.24) is 4.98 Å². The third-order valence-electron chi connectivity index (χ3n) is 1.77. The third kappa shape index (κ3) is 2.65. The molecule has 0 aliphatic rings. The van der Waals surface area contributed by atoms with Gasteiger partial charge in [-0.1, -0.05) is 6.58 Å². The van der Waals surface area contributed by atoms with E-state index in [-0.39, 0.29) is 17.9 Å². The van der Waals surface area contributed by atoms with Crippen LogP contribution in [0.4, 0.5) is 13.2 Å². The van der Waals surface area contributed by atoms with Crippen LogP contribution in [0.25, 0.3) is 5.76 Å². The van der Waals surface area contributed by atoms with Gasteiger partial charge in [0.05, 0.1) is 6.61 Å². The molecule has 0 radical (unpaired) electrons. The molecule has 0 atom stereocenters. The van der Waals surface area contributed by atoms with Crippen LogP contribution in [0.3, 0.4) is 0 Å². The summed E-state index contributed by atoms with van der Waals surface area (Å²) in [6.07, 6.45) is -4.66. The summed E-state index contributed by atoms with van der Waals surface area (Å²) in [5.74, 6) is -0.817. The van der Waals surface area contributed by atoms with E-state index in [0.717, 1.165) is 12.1 Å². The average molecular weight is 233 g/mol. The van der Waals surface area contributed by atoms with Crippen LogP contribution in [0.1, 0.15) is 18.2 Å². The molecular weight excluding hydrogens is 223 g/mol. The molecule has 0 unspecified atom stereocenters. The highest BCUT2D eigenvalue weighted by Gasteiger charge is 2.36. The van der Waals surface area contributed by atoms with E-state index in [0.29, 0.717) is 0 Å². The number of pyridine rings is 1. The molecule has 0 amide bonds. The molecule has 88 valence electrons. The minimum Gasteiger partial charge on any atom is -0.494 e. The molecule has 3 nitrogen and oxygen atoms in total. The number of hydrogen-bond donors (Lipinski definition) is 1. The lowest BCUT2D eigenvalue weighted by Gasteiger charge is -2.13. The zero-order chi connectivity index (χ0) is 12.3. The molecule has 1 aromatic heterocycles. The van der Waals surface area contributed by atoms with Crippen LogP contribution in [0, 0.1) is 0 Å². The van der Waals surface area contributed by atoms with Gasteiger partial charge in [-0.2, -0.15) is 13.2 Å². The highest BCUT2D eigenvalue weighted by Crippen LogP contribution is 2.34. The van der Waals surface area contributed by atoms with E-state index in [1.165, 1.54) is 0 Å². The van der Waals surface area contributed by atoms with E-state index in [9.17, 15) is 13.2 Å². The fraction of sp³-hybridized carbons (Fsp3) is 0.300. The summed E-state index contributed by atoms with van der Waals surface area (Å²) in [4.78, 5) is 3.04. The van der Waals surface area contributed by atoms with Crippen molar-refractivity contribution in [2.75, 3.05) is 6.61 Å². The number of alkyl halides is 3. The molecule has 16 heavy (non-hydrogen) atoms. The molecular formula is C10H10F3NO2. The predicted molar refractivity (Wildman–Crippen MR) is 51.6 cm³/mol. The van der Waals surface area contributed by atoms with Crippen molar-refractivity contribution in [1.29, 1.82) is 0 Å². The van der Waals surface area contributed by atoms with Crippen molar-refractivity contribution in [3.63, 3.8) is 0 Å². The topological polar surface area (TPSA) is 42.4 Å². The molecule has 1 aromatic rings. The molecule has 6 heteroatoms. The predicted octanol–water partition coefficient (Wildman–Crippen LogP) is 2.81. The second kappa shape index (κ2) is 4.42. The van der Waals surface area contributed by atoms with Gasteiger partial charge in [0, 0.05) is 11.6 Å². The van der Waals surface area contributed by atoms with Gasteiger partial charge in [0.15, 0.2) is 5.69 Å². The van der Waals surface area contributed by atoms with E-state index in [1.54, 1.807) is 6.92 Å². The Bertz CT molecular complexity index is 402.